The Morgan fingerprint density at radius 3 is 2.84 bits per heavy atom. The molecule has 0 spiro atoms. The Balaban J connectivity index is 2.01. The largest absolute Gasteiger partial charge is 0.416 e. The van der Waals surface area contributed by atoms with Gasteiger partial charge in [0.25, 0.3) is 0 Å². The number of nitrogen functional groups attached to an aromatic ring is 1. The van der Waals surface area contributed by atoms with Gasteiger partial charge in [-0.3, -0.25) is 0 Å². The first-order chi connectivity index (χ1) is 8.95. The molecule has 1 fully saturated rings. The summed E-state index contributed by atoms with van der Waals surface area (Å²) in [6, 6.07) is 1.80. The van der Waals surface area contributed by atoms with E-state index in [0.717, 1.165) is 31.6 Å². The van der Waals surface area contributed by atoms with Gasteiger partial charge in [0.15, 0.2) is 0 Å². The third kappa shape index (κ3) is 3.99. The number of ether oxygens (including phenoxy) is 1. The van der Waals surface area contributed by atoms with Gasteiger partial charge in [-0.05, 0) is 30.9 Å². The van der Waals surface area contributed by atoms with Crippen LogP contribution in [0.2, 0.25) is 0 Å². The predicted octanol–water partition coefficient (Wildman–Crippen LogP) is 2.52. The van der Waals surface area contributed by atoms with Crippen molar-refractivity contribution in [1.29, 1.82) is 0 Å². The summed E-state index contributed by atoms with van der Waals surface area (Å²) in [5, 5.41) is 2.90. The number of pyridine rings is 1. The fourth-order valence-corrected chi connectivity index (χ4v) is 2.02. The lowest BCUT2D eigenvalue weighted by molar-refractivity contribution is -0.137. The number of anilines is 2. The minimum atomic E-state index is -4.42. The molecule has 1 unspecified atom stereocenters. The van der Waals surface area contributed by atoms with E-state index < -0.39 is 11.7 Å². The Labute approximate surface area is 109 Å². The maximum Gasteiger partial charge on any atom is 0.416 e. The maximum atomic E-state index is 12.6. The van der Waals surface area contributed by atoms with Crippen LogP contribution in [0.15, 0.2) is 12.1 Å². The zero-order valence-electron chi connectivity index (χ0n) is 10.3. The molecule has 0 saturated carbocycles. The van der Waals surface area contributed by atoms with Crippen molar-refractivity contribution in [3.8, 4) is 0 Å². The molecule has 0 aliphatic carbocycles. The summed E-state index contributed by atoms with van der Waals surface area (Å²) >= 11 is 0. The van der Waals surface area contributed by atoms with Crippen molar-refractivity contribution >= 4 is 11.6 Å². The molecular formula is C12H16F3N3O. The van der Waals surface area contributed by atoms with Crippen LogP contribution in [0, 0.1) is 5.92 Å². The van der Waals surface area contributed by atoms with Gasteiger partial charge in [0.2, 0.25) is 0 Å². The first-order valence-corrected chi connectivity index (χ1v) is 6.11. The van der Waals surface area contributed by atoms with Crippen molar-refractivity contribution in [2.45, 2.75) is 19.0 Å². The predicted molar refractivity (Wildman–Crippen MR) is 65.7 cm³/mol. The van der Waals surface area contributed by atoms with Crippen molar-refractivity contribution in [1.82, 2.24) is 4.98 Å². The van der Waals surface area contributed by atoms with Crippen molar-refractivity contribution < 1.29 is 17.9 Å². The Hall–Kier alpha value is -1.50. The minimum absolute atomic E-state index is 0.141. The highest BCUT2D eigenvalue weighted by atomic mass is 19.4. The van der Waals surface area contributed by atoms with E-state index in [1.807, 2.05) is 0 Å². The minimum Gasteiger partial charge on any atom is -0.384 e. The van der Waals surface area contributed by atoms with Gasteiger partial charge in [-0.25, -0.2) is 4.98 Å². The average Bonchev–Trinajstić information content (AvgIpc) is 2.36. The van der Waals surface area contributed by atoms with Crippen LogP contribution in [0.1, 0.15) is 18.4 Å². The molecule has 1 aliphatic heterocycles. The number of aromatic nitrogens is 1. The summed E-state index contributed by atoms with van der Waals surface area (Å²) < 4.78 is 43.1. The number of halogens is 3. The highest BCUT2D eigenvalue weighted by Gasteiger charge is 2.31. The van der Waals surface area contributed by atoms with Crippen LogP contribution < -0.4 is 11.1 Å². The molecule has 3 N–H and O–H groups in total. The fraction of sp³-hybridized carbons (Fsp3) is 0.583. The molecular weight excluding hydrogens is 259 g/mol. The van der Waals surface area contributed by atoms with Crippen LogP contribution in [-0.4, -0.2) is 24.7 Å². The van der Waals surface area contributed by atoms with Crippen LogP contribution in [0.25, 0.3) is 0 Å². The van der Waals surface area contributed by atoms with Gasteiger partial charge >= 0.3 is 6.18 Å². The number of alkyl halides is 3. The van der Waals surface area contributed by atoms with Crippen molar-refractivity contribution in [3.63, 3.8) is 0 Å². The van der Waals surface area contributed by atoms with Crippen molar-refractivity contribution in [2.24, 2.45) is 5.92 Å². The lowest BCUT2D eigenvalue weighted by Crippen LogP contribution is -2.24. The summed E-state index contributed by atoms with van der Waals surface area (Å²) in [6.45, 7) is 1.92. The summed E-state index contributed by atoms with van der Waals surface area (Å²) in [5.74, 6) is 0.307. The third-order valence-electron chi connectivity index (χ3n) is 3.00. The zero-order valence-corrected chi connectivity index (χ0v) is 10.3. The number of rotatable bonds is 3. The molecule has 19 heavy (non-hydrogen) atoms. The van der Waals surface area contributed by atoms with E-state index in [-0.39, 0.29) is 11.6 Å². The van der Waals surface area contributed by atoms with Gasteiger partial charge in [0.05, 0.1) is 12.2 Å². The van der Waals surface area contributed by atoms with E-state index in [2.05, 4.69) is 10.3 Å². The molecule has 2 heterocycles. The molecule has 0 radical (unpaired) electrons. The van der Waals surface area contributed by atoms with Gasteiger partial charge < -0.3 is 15.8 Å². The van der Waals surface area contributed by atoms with E-state index in [9.17, 15) is 13.2 Å². The van der Waals surface area contributed by atoms with Crippen LogP contribution in [0.4, 0.5) is 24.8 Å². The summed E-state index contributed by atoms with van der Waals surface area (Å²) in [7, 11) is 0. The Morgan fingerprint density at radius 2 is 2.21 bits per heavy atom. The molecule has 0 amide bonds. The second-order valence-electron chi connectivity index (χ2n) is 4.63. The topological polar surface area (TPSA) is 60.2 Å². The molecule has 1 aromatic rings. The second-order valence-corrected chi connectivity index (χ2v) is 4.63. The first-order valence-electron chi connectivity index (χ1n) is 6.11. The smallest absolute Gasteiger partial charge is 0.384 e. The van der Waals surface area contributed by atoms with E-state index in [0.29, 0.717) is 19.1 Å². The van der Waals surface area contributed by atoms with Gasteiger partial charge in [-0.2, -0.15) is 13.2 Å². The molecule has 1 atom stereocenters. The number of hydrogen-bond donors (Lipinski definition) is 2. The molecule has 7 heteroatoms. The second kappa shape index (κ2) is 5.64. The van der Waals surface area contributed by atoms with E-state index >= 15 is 0 Å². The lowest BCUT2D eigenvalue weighted by Gasteiger charge is -2.22. The standard InChI is InChI=1S/C12H16F3N3O/c13-12(14,15)9-4-10(16)18-11(5-9)17-6-8-2-1-3-19-7-8/h4-5,8H,1-3,6-7H2,(H3,16,17,18). The number of hydrogen-bond acceptors (Lipinski definition) is 4. The highest BCUT2D eigenvalue weighted by Crippen LogP contribution is 2.31. The Morgan fingerprint density at radius 1 is 1.42 bits per heavy atom. The molecule has 4 nitrogen and oxygen atoms in total. The fourth-order valence-electron chi connectivity index (χ4n) is 2.02. The van der Waals surface area contributed by atoms with Crippen molar-refractivity contribution in [2.75, 3.05) is 30.8 Å². The van der Waals surface area contributed by atoms with E-state index in [1.165, 1.54) is 0 Å². The van der Waals surface area contributed by atoms with E-state index in [1.54, 1.807) is 0 Å². The monoisotopic (exact) mass is 275 g/mol. The van der Waals surface area contributed by atoms with E-state index in [4.69, 9.17) is 10.5 Å². The highest BCUT2D eigenvalue weighted by molar-refractivity contribution is 5.47. The normalized spacial score (nSPS) is 20.3. The van der Waals surface area contributed by atoms with Gasteiger partial charge in [-0.15, -0.1) is 0 Å². The summed E-state index contributed by atoms with van der Waals surface area (Å²) in [4.78, 5) is 3.86. The quantitative estimate of drug-likeness (QED) is 0.890. The molecule has 1 aliphatic rings. The molecule has 2 rings (SSSR count). The molecule has 0 bridgehead atoms. The van der Waals surface area contributed by atoms with Gasteiger partial charge in [0, 0.05) is 13.2 Å². The molecule has 1 aromatic heterocycles. The lowest BCUT2D eigenvalue weighted by atomic mass is 10.0. The zero-order chi connectivity index (χ0) is 13.9. The number of nitrogens with two attached hydrogens (primary N) is 1. The Bertz CT molecular complexity index is 431. The van der Waals surface area contributed by atoms with Crippen LogP contribution in [-0.2, 0) is 10.9 Å². The average molecular weight is 275 g/mol. The molecule has 106 valence electrons. The first kappa shape index (κ1) is 13.9. The third-order valence-corrected chi connectivity index (χ3v) is 3.00. The molecule has 1 saturated heterocycles. The summed E-state index contributed by atoms with van der Waals surface area (Å²) in [5.41, 5.74) is 4.60. The maximum absolute atomic E-state index is 12.6. The number of nitrogens with zero attached hydrogens (tertiary/aromatic N) is 1. The SMILES string of the molecule is Nc1cc(C(F)(F)F)cc(NCC2CCCOC2)n1. The van der Waals surface area contributed by atoms with Crippen molar-refractivity contribution in [3.05, 3.63) is 17.7 Å². The summed E-state index contributed by atoms with van der Waals surface area (Å²) in [6.07, 6.45) is -2.44. The van der Waals surface area contributed by atoms with Crippen LogP contribution >= 0.6 is 0 Å². The van der Waals surface area contributed by atoms with Crippen LogP contribution in [0.5, 0.6) is 0 Å². The van der Waals surface area contributed by atoms with Gasteiger partial charge in [-0.1, -0.05) is 0 Å². The molecule has 0 aromatic carbocycles. The van der Waals surface area contributed by atoms with Crippen LogP contribution in [0.3, 0.4) is 0 Å². The Kier molecular flexibility index (Phi) is 4.14. The number of nitrogens with one attached hydrogen (secondary N) is 1. The van der Waals surface area contributed by atoms with Gasteiger partial charge in [0.1, 0.15) is 11.6 Å².